The number of hydrogen-bond donors (Lipinski definition) is 1. The van der Waals surface area contributed by atoms with Crippen molar-refractivity contribution in [2.75, 3.05) is 20.3 Å². The number of aryl methyl sites for hydroxylation is 1. The summed E-state index contributed by atoms with van der Waals surface area (Å²) in [6.45, 7) is 2.15. The Morgan fingerprint density at radius 3 is 2.92 bits per heavy atom. The number of carbonyl (C=O) groups is 1. The Morgan fingerprint density at radius 1 is 1.42 bits per heavy atom. The first-order valence-corrected chi connectivity index (χ1v) is 9.74. The molecule has 0 spiro atoms. The van der Waals surface area contributed by atoms with Crippen molar-refractivity contribution in [3.8, 4) is 0 Å². The van der Waals surface area contributed by atoms with E-state index >= 15 is 0 Å². The molecule has 0 aromatic carbocycles. The van der Waals surface area contributed by atoms with Gasteiger partial charge in [-0.2, -0.15) is 11.3 Å². The van der Waals surface area contributed by atoms with E-state index in [0.29, 0.717) is 32.3 Å². The smallest absolute Gasteiger partial charge is 0.348 e. The number of thiophene rings is 2. The minimum Gasteiger partial charge on any atom is -0.459 e. The van der Waals surface area contributed by atoms with Crippen LogP contribution in [0.3, 0.4) is 0 Å². The topological polar surface area (TPSA) is 81.3 Å². The molecule has 26 heavy (non-hydrogen) atoms. The molecule has 0 fully saturated rings. The lowest BCUT2D eigenvalue weighted by Crippen LogP contribution is -2.11. The molecule has 0 saturated heterocycles. The molecule has 6 nitrogen and oxygen atoms in total. The minimum absolute atomic E-state index is 0.146. The molecule has 0 amide bonds. The fraction of sp³-hybridized carbons (Fsp3) is 0.235. The minimum atomic E-state index is -0.497. The molecule has 0 bridgehead atoms. The Bertz CT molecular complexity index is 1020. The van der Waals surface area contributed by atoms with Crippen molar-refractivity contribution in [3.63, 3.8) is 0 Å². The van der Waals surface area contributed by atoms with E-state index in [-0.39, 0.29) is 18.0 Å². The quantitative estimate of drug-likeness (QED) is 0.492. The molecule has 136 valence electrons. The summed E-state index contributed by atoms with van der Waals surface area (Å²) >= 11 is 8.95. The summed E-state index contributed by atoms with van der Waals surface area (Å²) < 4.78 is 10.00. The van der Waals surface area contributed by atoms with Gasteiger partial charge in [0.05, 0.1) is 17.0 Å². The van der Waals surface area contributed by atoms with E-state index < -0.39 is 5.97 Å². The molecule has 3 heterocycles. The van der Waals surface area contributed by atoms with Gasteiger partial charge in [-0.25, -0.2) is 9.78 Å². The third-order valence-corrected chi connectivity index (χ3v) is 5.72. The summed E-state index contributed by atoms with van der Waals surface area (Å²) in [6, 6.07) is 1.91. The number of esters is 1. The third-order valence-electron chi connectivity index (χ3n) is 3.57. The molecule has 0 atom stereocenters. The van der Waals surface area contributed by atoms with Crippen LogP contribution in [-0.4, -0.2) is 36.3 Å². The maximum absolute atomic E-state index is 12.5. The van der Waals surface area contributed by atoms with Crippen LogP contribution in [0, 0.1) is 6.92 Å². The number of nitrogens with one attached hydrogen (secondary N) is 1. The predicted octanol–water partition coefficient (Wildman–Crippen LogP) is 3.89. The molecule has 3 aromatic rings. The van der Waals surface area contributed by atoms with Crippen molar-refractivity contribution in [2.24, 2.45) is 0 Å². The molecule has 0 saturated carbocycles. The molecule has 9 heteroatoms. The van der Waals surface area contributed by atoms with Crippen LogP contribution in [0.4, 0.5) is 0 Å². The largest absolute Gasteiger partial charge is 0.459 e. The summed E-state index contributed by atoms with van der Waals surface area (Å²) in [7, 11) is 1.52. The van der Waals surface area contributed by atoms with E-state index in [1.54, 1.807) is 24.3 Å². The average Bonchev–Trinajstić information content (AvgIpc) is 3.23. The van der Waals surface area contributed by atoms with Gasteiger partial charge < -0.3 is 14.5 Å². The van der Waals surface area contributed by atoms with E-state index in [9.17, 15) is 9.59 Å². The highest BCUT2D eigenvalue weighted by Gasteiger charge is 2.20. The fourth-order valence-electron chi connectivity index (χ4n) is 2.31. The summed E-state index contributed by atoms with van der Waals surface area (Å²) in [6.07, 6.45) is 1.72. The van der Waals surface area contributed by atoms with Gasteiger partial charge in [-0.05, 0) is 41.0 Å². The maximum Gasteiger partial charge on any atom is 0.348 e. The van der Waals surface area contributed by atoms with Crippen LogP contribution >= 0.6 is 34.3 Å². The lowest BCUT2D eigenvalue weighted by atomic mass is 10.2. The second-order valence-corrected chi connectivity index (χ2v) is 7.51. The molecular weight excluding hydrogens is 396 g/mol. The van der Waals surface area contributed by atoms with Crippen LogP contribution in [0.5, 0.6) is 0 Å². The lowest BCUT2D eigenvalue weighted by Gasteiger charge is -2.02. The summed E-state index contributed by atoms with van der Waals surface area (Å²) in [5.41, 5.74) is 1.13. The standard InChI is InChI=1S/C17H15ClN2O4S2/c1-9-12-15(21)19-14(11(18)7-10-3-6-25-8-10)20-16(12)26-13(9)17(22)24-5-4-23-2/h3,6-8H,4-5H2,1-2H3,(H,19,20,21). The first kappa shape index (κ1) is 18.8. The van der Waals surface area contributed by atoms with Gasteiger partial charge in [0, 0.05) is 7.11 Å². The molecular formula is C17H15ClN2O4S2. The van der Waals surface area contributed by atoms with Gasteiger partial charge in [0.15, 0.2) is 5.82 Å². The van der Waals surface area contributed by atoms with Gasteiger partial charge in [-0.15, -0.1) is 11.3 Å². The zero-order chi connectivity index (χ0) is 18.7. The molecule has 0 unspecified atom stereocenters. The summed E-state index contributed by atoms with van der Waals surface area (Å²) in [4.78, 5) is 32.6. The van der Waals surface area contributed by atoms with Crippen molar-refractivity contribution in [3.05, 3.63) is 49.0 Å². The first-order valence-electron chi connectivity index (χ1n) is 7.60. The van der Waals surface area contributed by atoms with Crippen LogP contribution in [0.25, 0.3) is 21.3 Å². The van der Waals surface area contributed by atoms with Crippen LogP contribution in [0.1, 0.15) is 26.6 Å². The zero-order valence-electron chi connectivity index (χ0n) is 14.0. The van der Waals surface area contributed by atoms with Gasteiger partial charge >= 0.3 is 5.97 Å². The SMILES string of the molecule is COCCOC(=O)c1sc2nc(C(Cl)=Cc3ccsc3)[nH]c(=O)c2c1C. The number of nitrogens with zero attached hydrogens (tertiary/aromatic N) is 1. The van der Waals surface area contributed by atoms with E-state index in [1.165, 1.54) is 7.11 Å². The van der Waals surface area contributed by atoms with Crippen molar-refractivity contribution in [1.82, 2.24) is 9.97 Å². The third kappa shape index (κ3) is 3.88. The second kappa shape index (κ2) is 8.13. The van der Waals surface area contributed by atoms with Gasteiger partial charge in [0.1, 0.15) is 16.3 Å². The second-order valence-electron chi connectivity index (χ2n) is 5.33. The Labute approximate surface area is 162 Å². The van der Waals surface area contributed by atoms with Gasteiger partial charge in [0.2, 0.25) is 0 Å². The fourth-order valence-corrected chi connectivity index (χ4v) is 4.22. The summed E-state index contributed by atoms with van der Waals surface area (Å²) in [5, 5.41) is 4.55. The number of hydrogen-bond acceptors (Lipinski definition) is 7. The Hall–Kier alpha value is -2.00. The lowest BCUT2D eigenvalue weighted by molar-refractivity contribution is 0.0393. The molecule has 1 N–H and O–H groups in total. The van der Waals surface area contributed by atoms with Crippen molar-refractivity contribution < 1.29 is 14.3 Å². The highest BCUT2D eigenvalue weighted by Crippen LogP contribution is 2.29. The number of rotatable bonds is 6. The number of fused-ring (bicyclic) bond motifs is 1. The van der Waals surface area contributed by atoms with Crippen LogP contribution in [0.15, 0.2) is 21.6 Å². The first-order chi connectivity index (χ1) is 12.5. The van der Waals surface area contributed by atoms with Gasteiger partial charge in [0.25, 0.3) is 5.56 Å². The van der Waals surface area contributed by atoms with E-state index in [0.717, 1.165) is 16.9 Å². The molecule has 0 radical (unpaired) electrons. The number of aromatic nitrogens is 2. The van der Waals surface area contributed by atoms with Crippen molar-refractivity contribution in [1.29, 1.82) is 0 Å². The molecule has 3 aromatic heterocycles. The Balaban J connectivity index is 1.98. The van der Waals surface area contributed by atoms with Crippen LogP contribution < -0.4 is 5.56 Å². The monoisotopic (exact) mass is 410 g/mol. The molecule has 0 aliphatic rings. The number of methoxy groups -OCH3 is 1. The van der Waals surface area contributed by atoms with Gasteiger partial charge in [-0.1, -0.05) is 11.6 Å². The van der Waals surface area contributed by atoms with E-state index in [4.69, 9.17) is 21.1 Å². The van der Waals surface area contributed by atoms with Crippen molar-refractivity contribution >= 4 is 61.6 Å². The average molecular weight is 411 g/mol. The van der Waals surface area contributed by atoms with Gasteiger partial charge in [-0.3, -0.25) is 4.79 Å². The maximum atomic E-state index is 12.5. The number of halogens is 1. The predicted molar refractivity (Wildman–Crippen MR) is 105 cm³/mol. The molecule has 0 aliphatic carbocycles. The van der Waals surface area contributed by atoms with Crippen LogP contribution in [-0.2, 0) is 9.47 Å². The van der Waals surface area contributed by atoms with E-state index in [1.807, 2.05) is 16.8 Å². The van der Waals surface area contributed by atoms with E-state index in [2.05, 4.69) is 9.97 Å². The number of ether oxygens (including phenoxy) is 2. The normalized spacial score (nSPS) is 11.9. The zero-order valence-corrected chi connectivity index (χ0v) is 16.4. The highest BCUT2D eigenvalue weighted by molar-refractivity contribution is 7.20. The van der Waals surface area contributed by atoms with Crippen molar-refractivity contribution in [2.45, 2.75) is 6.92 Å². The Morgan fingerprint density at radius 2 is 2.23 bits per heavy atom. The molecule has 0 aliphatic heterocycles. The number of H-pyrrole nitrogens is 1. The highest BCUT2D eigenvalue weighted by atomic mass is 35.5. The van der Waals surface area contributed by atoms with Crippen LogP contribution in [0.2, 0.25) is 0 Å². The number of carbonyl (C=O) groups excluding carboxylic acids is 1. The molecule has 3 rings (SSSR count). The number of aromatic amines is 1. The Kier molecular flexibility index (Phi) is 5.87. The summed E-state index contributed by atoms with van der Waals surface area (Å²) in [5.74, 6) is -0.237.